The Morgan fingerprint density at radius 3 is 1.65 bits per heavy atom. The fourth-order valence-electron chi connectivity index (χ4n) is 8.25. The zero-order valence-corrected chi connectivity index (χ0v) is 29.9. The predicted molar refractivity (Wildman–Crippen MR) is 231 cm³/mol. The molecule has 0 atom stereocenters. The summed E-state index contributed by atoms with van der Waals surface area (Å²) < 4.78 is 2.27. The third-order valence-electron chi connectivity index (χ3n) is 10.9. The van der Waals surface area contributed by atoms with Crippen LogP contribution in [0, 0.1) is 0 Å². The van der Waals surface area contributed by atoms with E-state index in [-0.39, 0.29) is 0 Å². The summed E-state index contributed by atoms with van der Waals surface area (Å²) in [7, 11) is 0. The van der Waals surface area contributed by atoms with Crippen LogP contribution >= 0.6 is 0 Å². The topological polar surface area (TPSA) is 30.7 Å². The predicted octanol–water partition coefficient (Wildman–Crippen LogP) is 13.7. The number of para-hydroxylation sites is 1. The van der Waals surface area contributed by atoms with Gasteiger partial charge in [0.05, 0.1) is 22.2 Å². The fourth-order valence-corrected chi connectivity index (χ4v) is 8.25. The molecule has 2 heterocycles. The van der Waals surface area contributed by atoms with Crippen molar-refractivity contribution in [2.24, 2.45) is 0 Å². The maximum Gasteiger partial charge on any atom is 0.145 e. The third kappa shape index (κ3) is 5.28. The molecule has 3 nitrogen and oxygen atoms in total. The summed E-state index contributed by atoms with van der Waals surface area (Å²) >= 11 is 0. The number of nitrogens with zero attached hydrogens (tertiary/aromatic N) is 3. The molecule has 0 amide bonds. The second-order valence-corrected chi connectivity index (χ2v) is 14.2. The molecule has 0 radical (unpaired) electrons. The average molecular weight is 700 g/mol. The van der Waals surface area contributed by atoms with Crippen LogP contribution in [-0.4, -0.2) is 14.5 Å². The molecule has 256 valence electrons. The van der Waals surface area contributed by atoms with Crippen molar-refractivity contribution in [2.45, 2.75) is 0 Å². The van der Waals surface area contributed by atoms with Crippen molar-refractivity contribution in [3.05, 3.63) is 200 Å². The number of aromatic nitrogens is 3. The highest BCUT2D eigenvalue weighted by Gasteiger charge is 2.19. The third-order valence-corrected chi connectivity index (χ3v) is 10.9. The van der Waals surface area contributed by atoms with Gasteiger partial charge in [0.15, 0.2) is 0 Å². The zero-order valence-electron chi connectivity index (χ0n) is 29.9. The number of imidazole rings is 1. The van der Waals surface area contributed by atoms with Crippen molar-refractivity contribution in [1.29, 1.82) is 0 Å². The van der Waals surface area contributed by atoms with Crippen molar-refractivity contribution in [1.82, 2.24) is 14.5 Å². The van der Waals surface area contributed by atoms with E-state index in [0.29, 0.717) is 0 Å². The molecule has 11 rings (SSSR count). The number of rotatable bonds is 5. The SMILES string of the molecule is c1ccc(-c2nc3cc(-c4cc(-c5ccc6ccccc6c5)nc5c4cc(-c4ccc6ccccc6c4)c4ccccc45)ccc3n2-c2ccccc2)cc1. The van der Waals surface area contributed by atoms with E-state index in [0.717, 1.165) is 66.8 Å². The highest BCUT2D eigenvalue weighted by atomic mass is 15.1. The van der Waals surface area contributed by atoms with E-state index in [9.17, 15) is 0 Å². The Bertz CT molecular complexity index is 3250. The molecule has 55 heavy (non-hydrogen) atoms. The van der Waals surface area contributed by atoms with Gasteiger partial charge in [-0.3, -0.25) is 4.57 Å². The molecule has 0 aliphatic heterocycles. The van der Waals surface area contributed by atoms with E-state index in [4.69, 9.17) is 9.97 Å². The van der Waals surface area contributed by atoms with Gasteiger partial charge in [-0.15, -0.1) is 0 Å². The van der Waals surface area contributed by atoms with Gasteiger partial charge in [-0.2, -0.15) is 0 Å². The Morgan fingerprint density at radius 1 is 0.345 bits per heavy atom. The lowest BCUT2D eigenvalue weighted by molar-refractivity contribution is 1.10. The van der Waals surface area contributed by atoms with Crippen LogP contribution in [0.25, 0.3) is 105 Å². The molecule has 11 aromatic rings. The number of hydrogen-bond acceptors (Lipinski definition) is 2. The minimum atomic E-state index is 0.917. The molecule has 0 saturated carbocycles. The van der Waals surface area contributed by atoms with Crippen molar-refractivity contribution in [3.63, 3.8) is 0 Å². The summed E-state index contributed by atoms with van der Waals surface area (Å²) in [6.07, 6.45) is 0. The average Bonchev–Trinajstić information content (AvgIpc) is 3.65. The van der Waals surface area contributed by atoms with Crippen molar-refractivity contribution < 1.29 is 0 Å². The van der Waals surface area contributed by atoms with Crippen LogP contribution in [-0.2, 0) is 0 Å². The Hall–Kier alpha value is -7.36. The molecule has 9 aromatic carbocycles. The molecule has 0 spiro atoms. The van der Waals surface area contributed by atoms with E-state index < -0.39 is 0 Å². The molecule has 0 aliphatic carbocycles. The summed E-state index contributed by atoms with van der Waals surface area (Å²) in [5, 5.41) is 8.29. The van der Waals surface area contributed by atoms with E-state index in [1.165, 1.54) is 38.1 Å². The van der Waals surface area contributed by atoms with Gasteiger partial charge in [0.1, 0.15) is 5.82 Å². The minimum absolute atomic E-state index is 0.917. The summed E-state index contributed by atoms with van der Waals surface area (Å²) in [4.78, 5) is 10.8. The van der Waals surface area contributed by atoms with Gasteiger partial charge in [0.25, 0.3) is 0 Å². The monoisotopic (exact) mass is 699 g/mol. The minimum Gasteiger partial charge on any atom is -0.292 e. The number of pyridine rings is 1. The number of fused-ring (bicyclic) bond motifs is 6. The summed E-state index contributed by atoms with van der Waals surface area (Å²) in [6, 6.07) is 71.6. The first-order chi connectivity index (χ1) is 27.2. The first-order valence-electron chi connectivity index (χ1n) is 18.7. The molecule has 0 N–H and O–H groups in total. The maximum atomic E-state index is 5.49. The van der Waals surface area contributed by atoms with Crippen molar-refractivity contribution in [2.75, 3.05) is 0 Å². The Labute approximate surface area is 318 Å². The first-order valence-corrected chi connectivity index (χ1v) is 18.7. The van der Waals surface area contributed by atoms with Crippen molar-refractivity contribution in [3.8, 4) is 50.6 Å². The molecular formula is C52H33N3. The lowest BCUT2D eigenvalue weighted by atomic mass is 9.90. The Kier molecular flexibility index (Phi) is 7.17. The lowest BCUT2D eigenvalue weighted by Crippen LogP contribution is -1.97. The van der Waals surface area contributed by atoms with E-state index in [1.807, 2.05) is 0 Å². The van der Waals surface area contributed by atoms with Crippen LogP contribution in [0.3, 0.4) is 0 Å². The smallest absolute Gasteiger partial charge is 0.145 e. The van der Waals surface area contributed by atoms with Crippen LogP contribution in [0.15, 0.2) is 200 Å². The second kappa shape index (κ2) is 12.6. The van der Waals surface area contributed by atoms with E-state index in [2.05, 4.69) is 205 Å². The quantitative estimate of drug-likeness (QED) is 0.167. The lowest BCUT2D eigenvalue weighted by Gasteiger charge is -2.16. The molecule has 3 heteroatoms. The van der Waals surface area contributed by atoms with Gasteiger partial charge < -0.3 is 0 Å². The highest BCUT2D eigenvalue weighted by molar-refractivity contribution is 6.17. The van der Waals surface area contributed by atoms with Crippen LogP contribution in [0.1, 0.15) is 0 Å². The van der Waals surface area contributed by atoms with Gasteiger partial charge >= 0.3 is 0 Å². The Morgan fingerprint density at radius 2 is 0.909 bits per heavy atom. The fraction of sp³-hybridized carbons (Fsp3) is 0. The normalized spacial score (nSPS) is 11.6. The standard InChI is InChI=1S/C52H33N3/c1-3-15-36(16-4-1)52-54-49-31-40(27-28-50(49)55(52)42-19-5-2-6-20-42)46-33-48(41-26-24-35-14-8-10-18-38(35)30-41)53-51-44-22-12-11-21-43(44)45(32-47(46)51)39-25-23-34-13-7-9-17-37(34)29-39/h1-33H. The second-order valence-electron chi connectivity index (χ2n) is 14.2. The molecule has 0 unspecified atom stereocenters. The summed E-state index contributed by atoms with van der Waals surface area (Å²) in [6.45, 7) is 0. The molecular weight excluding hydrogens is 667 g/mol. The summed E-state index contributed by atoms with van der Waals surface area (Å²) in [5.74, 6) is 0.917. The Balaban J connectivity index is 1.20. The zero-order chi connectivity index (χ0) is 36.3. The molecule has 0 fully saturated rings. The van der Waals surface area contributed by atoms with E-state index >= 15 is 0 Å². The highest BCUT2D eigenvalue weighted by Crippen LogP contribution is 2.42. The van der Waals surface area contributed by atoms with Crippen molar-refractivity contribution >= 4 is 54.3 Å². The number of benzene rings is 9. The van der Waals surface area contributed by atoms with Gasteiger partial charge in [-0.25, -0.2) is 9.97 Å². The summed E-state index contributed by atoms with van der Waals surface area (Å²) in [5.41, 5.74) is 11.8. The molecule has 0 aliphatic rings. The van der Waals surface area contributed by atoms with Crippen LogP contribution in [0.5, 0.6) is 0 Å². The van der Waals surface area contributed by atoms with Crippen LogP contribution < -0.4 is 0 Å². The number of hydrogen-bond donors (Lipinski definition) is 0. The largest absolute Gasteiger partial charge is 0.292 e. The molecule has 2 aromatic heterocycles. The molecule has 0 bridgehead atoms. The van der Waals surface area contributed by atoms with Gasteiger partial charge in [-0.05, 0) is 97.7 Å². The van der Waals surface area contributed by atoms with Crippen LogP contribution in [0.4, 0.5) is 0 Å². The van der Waals surface area contributed by atoms with E-state index in [1.54, 1.807) is 0 Å². The van der Waals surface area contributed by atoms with Gasteiger partial charge in [0, 0.05) is 27.6 Å². The first kappa shape index (κ1) is 31.2. The van der Waals surface area contributed by atoms with Gasteiger partial charge in [-0.1, -0.05) is 152 Å². The maximum absolute atomic E-state index is 5.49. The molecule has 0 saturated heterocycles. The van der Waals surface area contributed by atoms with Crippen LogP contribution in [0.2, 0.25) is 0 Å². The van der Waals surface area contributed by atoms with Gasteiger partial charge in [0.2, 0.25) is 0 Å².